The first-order valence-corrected chi connectivity index (χ1v) is 8.33. The summed E-state index contributed by atoms with van der Waals surface area (Å²) in [6, 6.07) is 7.87. The smallest absolute Gasteiger partial charge is 0.195 e. The Morgan fingerprint density at radius 3 is 2.39 bits per heavy atom. The van der Waals surface area contributed by atoms with Crippen molar-refractivity contribution in [1.29, 1.82) is 0 Å². The van der Waals surface area contributed by atoms with E-state index in [4.69, 9.17) is 9.47 Å². The molecule has 0 radical (unpaired) electrons. The van der Waals surface area contributed by atoms with Gasteiger partial charge in [0.2, 0.25) is 0 Å². The number of benzene rings is 1. The monoisotopic (exact) mass is 321 g/mol. The maximum Gasteiger partial charge on any atom is 0.195 e. The number of nitrogens with one attached hydrogen (secondary N) is 2. The molecular formula is C18H31N3O2. The first-order chi connectivity index (χ1) is 11.0. The molecule has 23 heavy (non-hydrogen) atoms. The minimum atomic E-state index is 0.182. The summed E-state index contributed by atoms with van der Waals surface area (Å²) in [5, 5.41) is 6.54. The Morgan fingerprint density at radius 1 is 1.13 bits per heavy atom. The van der Waals surface area contributed by atoms with Crippen molar-refractivity contribution in [2.45, 2.75) is 40.2 Å². The molecule has 0 amide bonds. The minimum absolute atomic E-state index is 0.182. The van der Waals surface area contributed by atoms with E-state index in [1.807, 2.05) is 38.1 Å². The summed E-state index contributed by atoms with van der Waals surface area (Å²) < 4.78 is 11.2. The van der Waals surface area contributed by atoms with Crippen LogP contribution in [-0.4, -0.2) is 38.9 Å². The molecule has 0 aromatic heterocycles. The van der Waals surface area contributed by atoms with Crippen molar-refractivity contribution in [1.82, 2.24) is 5.32 Å². The molecule has 0 heterocycles. The molecule has 0 spiro atoms. The summed E-state index contributed by atoms with van der Waals surface area (Å²) in [5.74, 6) is 2.21. The zero-order valence-electron chi connectivity index (χ0n) is 15.1. The van der Waals surface area contributed by atoms with Crippen LogP contribution in [0.2, 0.25) is 0 Å². The van der Waals surface area contributed by atoms with Gasteiger partial charge in [-0.15, -0.1) is 0 Å². The third kappa shape index (κ3) is 9.08. The molecule has 0 saturated carbocycles. The number of aliphatic imine (C=N–C) groups is 1. The zero-order chi connectivity index (χ0) is 17.1. The molecule has 5 heteroatoms. The Bertz CT molecular complexity index is 456. The highest BCUT2D eigenvalue weighted by Crippen LogP contribution is 2.16. The summed E-state index contributed by atoms with van der Waals surface area (Å²) in [5.41, 5.74) is 0.977. The highest BCUT2D eigenvalue weighted by Gasteiger charge is 2.01. The summed E-state index contributed by atoms with van der Waals surface area (Å²) in [4.78, 5) is 4.22. The van der Waals surface area contributed by atoms with E-state index in [0.717, 1.165) is 43.6 Å². The average Bonchev–Trinajstić information content (AvgIpc) is 2.50. The summed E-state index contributed by atoms with van der Waals surface area (Å²) in [7, 11) is 1.76. The Balaban J connectivity index is 2.30. The standard InChI is InChI=1S/C18H31N3O2/c1-14(2)13-22-12-6-11-20-18(19-5)21-16-7-9-17(10-8-16)23-15(3)4/h7-10,14-15H,6,11-13H2,1-5H3,(H2,19,20,21). The van der Waals surface area contributed by atoms with E-state index in [9.17, 15) is 0 Å². The van der Waals surface area contributed by atoms with Crippen molar-refractivity contribution in [2.24, 2.45) is 10.9 Å². The van der Waals surface area contributed by atoms with Crippen molar-refractivity contribution < 1.29 is 9.47 Å². The predicted molar refractivity (Wildman–Crippen MR) is 97.5 cm³/mol. The fraction of sp³-hybridized carbons (Fsp3) is 0.611. The van der Waals surface area contributed by atoms with Crippen LogP contribution < -0.4 is 15.4 Å². The maximum absolute atomic E-state index is 5.63. The number of nitrogens with zero attached hydrogens (tertiary/aromatic N) is 1. The van der Waals surface area contributed by atoms with Crippen LogP contribution in [0.5, 0.6) is 5.75 Å². The number of hydrogen-bond donors (Lipinski definition) is 2. The van der Waals surface area contributed by atoms with E-state index >= 15 is 0 Å². The van der Waals surface area contributed by atoms with Crippen LogP contribution in [0.25, 0.3) is 0 Å². The lowest BCUT2D eigenvalue weighted by Crippen LogP contribution is -2.32. The SMILES string of the molecule is CN=C(NCCCOCC(C)C)Nc1ccc(OC(C)C)cc1. The topological polar surface area (TPSA) is 54.9 Å². The Labute approximate surface area is 140 Å². The third-order valence-electron chi connectivity index (χ3n) is 2.92. The average molecular weight is 321 g/mol. The van der Waals surface area contributed by atoms with Crippen LogP contribution >= 0.6 is 0 Å². The third-order valence-corrected chi connectivity index (χ3v) is 2.92. The van der Waals surface area contributed by atoms with Crippen molar-refractivity contribution in [2.75, 3.05) is 32.1 Å². The maximum atomic E-state index is 5.63. The fourth-order valence-electron chi connectivity index (χ4n) is 1.90. The van der Waals surface area contributed by atoms with Gasteiger partial charge in [0, 0.05) is 32.5 Å². The van der Waals surface area contributed by atoms with Crippen molar-refractivity contribution >= 4 is 11.6 Å². The molecular weight excluding hydrogens is 290 g/mol. The van der Waals surface area contributed by atoms with Gasteiger partial charge in [-0.3, -0.25) is 4.99 Å². The van der Waals surface area contributed by atoms with E-state index < -0.39 is 0 Å². The van der Waals surface area contributed by atoms with Crippen LogP contribution in [0.3, 0.4) is 0 Å². The van der Waals surface area contributed by atoms with Gasteiger partial charge in [-0.1, -0.05) is 13.8 Å². The Morgan fingerprint density at radius 2 is 1.83 bits per heavy atom. The first-order valence-electron chi connectivity index (χ1n) is 8.33. The number of anilines is 1. The Hall–Kier alpha value is -1.75. The van der Waals surface area contributed by atoms with Gasteiger partial charge in [-0.2, -0.15) is 0 Å². The Kier molecular flexibility index (Phi) is 9.14. The zero-order valence-corrected chi connectivity index (χ0v) is 15.1. The second kappa shape index (κ2) is 10.9. The van der Waals surface area contributed by atoms with Crippen molar-refractivity contribution in [3.8, 4) is 5.75 Å². The molecule has 1 rings (SSSR count). The highest BCUT2D eigenvalue weighted by molar-refractivity contribution is 5.93. The minimum Gasteiger partial charge on any atom is -0.491 e. The first kappa shape index (κ1) is 19.3. The van der Waals surface area contributed by atoms with E-state index in [-0.39, 0.29) is 6.10 Å². The van der Waals surface area contributed by atoms with Crippen LogP contribution in [0, 0.1) is 5.92 Å². The molecule has 0 atom stereocenters. The molecule has 1 aromatic rings. The molecule has 0 aliphatic rings. The van der Waals surface area contributed by atoms with E-state index in [1.54, 1.807) is 7.05 Å². The summed E-state index contributed by atoms with van der Waals surface area (Å²) in [6.45, 7) is 10.8. The van der Waals surface area contributed by atoms with Crippen LogP contribution in [-0.2, 0) is 4.74 Å². The normalized spacial score (nSPS) is 11.9. The number of hydrogen-bond acceptors (Lipinski definition) is 3. The number of ether oxygens (including phenoxy) is 2. The second-order valence-corrected chi connectivity index (χ2v) is 6.14. The van der Waals surface area contributed by atoms with Gasteiger partial charge in [0.15, 0.2) is 5.96 Å². The van der Waals surface area contributed by atoms with Crippen LogP contribution in [0.4, 0.5) is 5.69 Å². The largest absolute Gasteiger partial charge is 0.491 e. The van der Waals surface area contributed by atoms with Gasteiger partial charge < -0.3 is 20.1 Å². The van der Waals surface area contributed by atoms with Crippen molar-refractivity contribution in [3.63, 3.8) is 0 Å². The lowest BCUT2D eigenvalue weighted by Gasteiger charge is -2.13. The van der Waals surface area contributed by atoms with E-state index in [2.05, 4.69) is 29.5 Å². The summed E-state index contributed by atoms with van der Waals surface area (Å²) >= 11 is 0. The highest BCUT2D eigenvalue weighted by atomic mass is 16.5. The second-order valence-electron chi connectivity index (χ2n) is 6.14. The van der Waals surface area contributed by atoms with Crippen LogP contribution in [0.1, 0.15) is 34.1 Å². The van der Waals surface area contributed by atoms with E-state index in [0.29, 0.717) is 5.92 Å². The van der Waals surface area contributed by atoms with Gasteiger partial charge >= 0.3 is 0 Å². The number of guanidine groups is 1. The predicted octanol–water partition coefficient (Wildman–Crippen LogP) is 3.52. The van der Waals surface area contributed by atoms with Crippen molar-refractivity contribution in [3.05, 3.63) is 24.3 Å². The molecule has 0 aliphatic heterocycles. The molecule has 1 aromatic carbocycles. The van der Waals surface area contributed by atoms with Gasteiger partial charge in [0.25, 0.3) is 0 Å². The van der Waals surface area contributed by atoms with Gasteiger partial charge in [-0.05, 0) is 50.5 Å². The molecule has 0 bridgehead atoms. The van der Waals surface area contributed by atoms with E-state index in [1.165, 1.54) is 0 Å². The lowest BCUT2D eigenvalue weighted by molar-refractivity contribution is 0.108. The molecule has 0 saturated heterocycles. The lowest BCUT2D eigenvalue weighted by atomic mass is 10.2. The van der Waals surface area contributed by atoms with Crippen LogP contribution in [0.15, 0.2) is 29.3 Å². The molecule has 2 N–H and O–H groups in total. The van der Waals surface area contributed by atoms with Gasteiger partial charge in [0.1, 0.15) is 5.75 Å². The molecule has 0 aliphatic carbocycles. The quantitative estimate of drug-likeness (QED) is 0.415. The molecule has 5 nitrogen and oxygen atoms in total. The summed E-state index contributed by atoms with van der Waals surface area (Å²) in [6.07, 6.45) is 1.13. The molecule has 0 unspecified atom stereocenters. The fourth-order valence-corrected chi connectivity index (χ4v) is 1.90. The molecule has 130 valence electrons. The molecule has 0 fully saturated rings. The number of rotatable bonds is 9. The van der Waals surface area contributed by atoms with Gasteiger partial charge in [0.05, 0.1) is 6.10 Å². The van der Waals surface area contributed by atoms with Gasteiger partial charge in [-0.25, -0.2) is 0 Å².